The van der Waals surface area contributed by atoms with Crippen LogP contribution in [0.2, 0.25) is 5.15 Å². The SMILES string of the molecule is C[C@H](OC(=O)c1cc2cc([N+](=O)[O-])ccc2s1)C(=O)Nc1cccnc1Cl. The van der Waals surface area contributed by atoms with Crippen molar-refractivity contribution < 1.29 is 19.2 Å². The number of benzene rings is 1. The lowest BCUT2D eigenvalue weighted by Crippen LogP contribution is -2.29. The second kappa shape index (κ2) is 7.68. The largest absolute Gasteiger partial charge is 0.448 e. The molecule has 0 aliphatic rings. The maximum Gasteiger partial charge on any atom is 0.349 e. The summed E-state index contributed by atoms with van der Waals surface area (Å²) < 4.78 is 5.88. The number of nitro groups is 1. The van der Waals surface area contributed by atoms with E-state index in [0.717, 1.165) is 11.3 Å². The lowest BCUT2D eigenvalue weighted by molar-refractivity contribution is -0.384. The maximum absolute atomic E-state index is 12.3. The summed E-state index contributed by atoms with van der Waals surface area (Å²) in [6.07, 6.45) is 0.404. The standard InChI is InChI=1S/C17H12ClN3O5S/c1-9(16(22)20-12-3-2-6-19-15(12)18)26-17(23)14-8-10-7-11(21(24)25)4-5-13(10)27-14/h2-9H,1H3,(H,20,22)/t9-/m0/s1. The molecule has 1 amide bonds. The maximum atomic E-state index is 12.3. The Kier molecular flexibility index (Phi) is 5.33. The molecule has 0 aliphatic heterocycles. The quantitative estimate of drug-likeness (QED) is 0.297. The number of thiophene rings is 1. The van der Waals surface area contributed by atoms with E-state index in [0.29, 0.717) is 15.8 Å². The van der Waals surface area contributed by atoms with Crippen LogP contribution >= 0.6 is 22.9 Å². The molecule has 3 aromatic rings. The Morgan fingerprint density at radius 3 is 2.81 bits per heavy atom. The van der Waals surface area contributed by atoms with Gasteiger partial charge in [0.05, 0.1) is 10.6 Å². The smallest absolute Gasteiger partial charge is 0.349 e. The lowest BCUT2D eigenvalue weighted by Gasteiger charge is -2.13. The first kappa shape index (κ1) is 18.7. The summed E-state index contributed by atoms with van der Waals surface area (Å²) in [5, 5.41) is 14.0. The highest BCUT2D eigenvalue weighted by molar-refractivity contribution is 7.20. The summed E-state index contributed by atoms with van der Waals surface area (Å²) in [6, 6.07) is 8.98. The summed E-state index contributed by atoms with van der Waals surface area (Å²) >= 11 is 7.00. The molecule has 0 saturated heterocycles. The van der Waals surface area contributed by atoms with E-state index in [1.165, 1.54) is 31.3 Å². The summed E-state index contributed by atoms with van der Waals surface area (Å²) in [6.45, 7) is 1.43. The molecule has 0 saturated carbocycles. The average Bonchev–Trinajstić information content (AvgIpc) is 3.06. The zero-order valence-electron chi connectivity index (χ0n) is 13.8. The Morgan fingerprint density at radius 2 is 2.11 bits per heavy atom. The molecule has 1 atom stereocenters. The van der Waals surface area contributed by atoms with Crippen molar-refractivity contribution in [3.63, 3.8) is 0 Å². The van der Waals surface area contributed by atoms with Crippen LogP contribution in [0.25, 0.3) is 10.1 Å². The van der Waals surface area contributed by atoms with E-state index in [-0.39, 0.29) is 15.7 Å². The van der Waals surface area contributed by atoms with Crippen LogP contribution < -0.4 is 5.32 Å². The summed E-state index contributed by atoms with van der Waals surface area (Å²) in [7, 11) is 0. The van der Waals surface area contributed by atoms with E-state index < -0.39 is 22.9 Å². The number of carbonyl (C=O) groups is 2. The third-order valence-electron chi connectivity index (χ3n) is 3.58. The van der Waals surface area contributed by atoms with Gasteiger partial charge in [0.15, 0.2) is 11.3 Å². The van der Waals surface area contributed by atoms with Crippen LogP contribution in [0.5, 0.6) is 0 Å². The third-order valence-corrected chi connectivity index (χ3v) is 4.98. The van der Waals surface area contributed by atoms with Gasteiger partial charge in [-0.1, -0.05) is 11.6 Å². The van der Waals surface area contributed by atoms with Crippen LogP contribution in [-0.4, -0.2) is 27.9 Å². The highest BCUT2D eigenvalue weighted by Crippen LogP contribution is 2.29. The predicted molar refractivity (Wildman–Crippen MR) is 101 cm³/mol. The number of amides is 1. The van der Waals surface area contributed by atoms with Crippen molar-refractivity contribution in [3.8, 4) is 0 Å². The number of hydrogen-bond acceptors (Lipinski definition) is 7. The summed E-state index contributed by atoms with van der Waals surface area (Å²) in [5.74, 6) is -1.26. The van der Waals surface area contributed by atoms with E-state index in [9.17, 15) is 19.7 Å². The van der Waals surface area contributed by atoms with Gasteiger partial charge in [-0.05, 0) is 31.2 Å². The first-order chi connectivity index (χ1) is 12.8. The Balaban J connectivity index is 1.70. The molecule has 3 rings (SSSR count). The third kappa shape index (κ3) is 4.21. The fraction of sp³-hybridized carbons (Fsp3) is 0.118. The van der Waals surface area contributed by atoms with Gasteiger partial charge >= 0.3 is 5.97 Å². The van der Waals surface area contributed by atoms with Gasteiger partial charge in [-0.3, -0.25) is 14.9 Å². The van der Waals surface area contributed by atoms with E-state index in [2.05, 4.69) is 10.3 Å². The zero-order valence-corrected chi connectivity index (χ0v) is 15.4. The second-order valence-corrected chi connectivity index (χ2v) is 6.91. The summed E-state index contributed by atoms with van der Waals surface area (Å²) in [4.78, 5) is 38.9. The number of carbonyl (C=O) groups excluding carboxylic acids is 2. The van der Waals surface area contributed by atoms with Crippen molar-refractivity contribution in [3.05, 3.63) is 62.7 Å². The Bertz CT molecular complexity index is 1050. The van der Waals surface area contributed by atoms with E-state index in [1.807, 2.05) is 0 Å². The van der Waals surface area contributed by atoms with Crippen LogP contribution in [0.3, 0.4) is 0 Å². The molecule has 1 N–H and O–H groups in total. The van der Waals surface area contributed by atoms with Crippen molar-refractivity contribution in [2.45, 2.75) is 13.0 Å². The molecule has 27 heavy (non-hydrogen) atoms. The Labute approximate surface area is 161 Å². The molecule has 2 aromatic heterocycles. The average molecular weight is 406 g/mol. The molecule has 10 heteroatoms. The lowest BCUT2D eigenvalue weighted by atomic mass is 10.2. The number of hydrogen-bond donors (Lipinski definition) is 1. The van der Waals surface area contributed by atoms with Crippen molar-refractivity contribution in [1.82, 2.24) is 4.98 Å². The molecular formula is C17H12ClN3O5S. The highest BCUT2D eigenvalue weighted by Gasteiger charge is 2.21. The van der Waals surface area contributed by atoms with Crippen LogP contribution in [0.4, 0.5) is 11.4 Å². The van der Waals surface area contributed by atoms with Gasteiger partial charge in [-0.2, -0.15) is 0 Å². The van der Waals surface area contributed by atoms with Crippen LogP contribution in [-0.2, 0) is 9.53 Å². The predicted octanol–water partition coefficient (Wildman–Crippen LogP) is 4.04. The van der Waals surface area contributed by atoms with E-state index in [4.69, 9.17) is 16.3 Å². The summed E-state index contributed by atoms with van der Waals surface area (Å²) in [5.41, 5.74) is 0.238. The van der Waals surface area contributed by atoms with Gasteiger partial charge in [0.2, 0.25) is 0 Å². The number of halogens is 1. The van der Waals surface area contributed by atoms with Crippen LogP contribution in [0.1, 0.15) is 16.6 Å². The first-order valence-electron chi connectivity index (χ1n) is 7.65. The second-order valence-electron chi connectivity index (χ2n) is 5.47. The molecule has 8 nitrogen and oxygen atoms in total. The molecule has 0 fully saturated rings. The number of nitrogens with one attached hydrogen (secondary N) is 1. The zero-order chi connectivity index (χ0) is 19.6. The van der Waals surface area contributed by atoms with Crippen LogP contribution in [0.15, 0.2) is 42.6 Å². The van der Waals surface area contributed by atoms with Gasteiger partial charge in [-0.15, -0.1) is 11.3 Å². The number of fused-ring (bicyclic) bond motifs is 1. The normalized spacial score (nSPS) is 11.8. The molecule has 0 bridgehead atoms. The van der Waals surface area contributed by atoms with Gasteiger partial charge in [0.25, 0.3) is 11.6 Å². The minimum absolute atomic E-state index is 0.0682. The highest BCUT2D eigenvalue weighted by atomic mass is 35.5. The number of esters is 1. The molecule has 0 spiro atoms. The minimum atomic E-state index is -1.08. The number of anilines is 1. The molecular weight excluding hydrogens is 394 g/mol. The fourth-order valence-electron chi connectivity index (χ4n) is 2.23. The number of non-ortho nitro benzene ring substituents is 1. The monoisotopic (exact) mass is 405 g/mol. The van der Waals surface area contributed by atoms with Crippen molar-refractivity contribution in [2.24, 2.45) is 0 Å². The molecule has 0 unspecified atom stereocenters. The Hall–Kier alpha value is -3.04. The van der Waals surface area contributed by atoms with Crippen molar-refractivity contribution in [2.75, 3.05) is 5.32 Å². The van der Waals surface area contributed by atoms with Gasteiger partial charge in [0, 0.05) is 28.4 Å². The minimum Gasteiger partial charge on any atom is -0.448 e. The van der Waals surface area contributed by atoms with Gasteiger partial charge in [-0.25, -0.2) is 9.78 Å². The fourth-order valence-corrected chi connectivity index (χ4v) is 3.32. The number of rotatable bonds is 5. The molecule has 2 heterocycles. The topological polar surface area (TPSA) is 111 Å². The number of nitrogens with zero attached hydrogens (tertiary/aromatic N) is 2. The van der Waals surface area contributed by atoms with E-state index >= 15 is 0 Å². The number of pyridine rings is 1. The molecule has 138 valence electrons. The van der Waals surface area contributed by atoms with Crippen molar-refractivity contribution in [1.29, 1.82) is 0 Å². The molecule has 0 radical (unpaired) electrons. The molecule has 0 aliphatic carbocycles. The van der Waals surface area contributed by atoms with Crippen LogP contribution in [0, 0.1) is 10.1 Å². The number of aromatic nitrogens is 1. The Morgan fingerprint density at radius 1 is 1.33 bits per heavy atom. The van der Waals surface area contributed by atoms with E-state index in [1.54, 1.807) is 18.2 Å². The van der Waals surface area contributed by atoms with Gasteiger partial charge < -0.3 is 10.1 Å². The molecule has 1 aromatic carbocycles. The number of nitro benzene ring substituents is 1. The van der Waals surface area contributed by atoms with Crippen molar-refractivity contribution >= 4 is 56.3 Å². The first-order valence-corrected chi connectivity index (χ1v) is 8.85. The number of ether oxygens (including phenoxy) is 1. The van der Waals surface area contributed by atoms with Gasteiger partial charge in [0.1, 0.15) is 4.88 Å².